The number of aryl methyl sites for hydroxylation is 1. The number of carbonyl (C=O) groups is 1. The lowest BCUT2D eigenvalue weighted by Gasteiger charge is -2.05. The Morgan fingerprint density at radius 2 is 1.86 bits per heavy atom. The summed E-state index contributed by atoms with van der Waals surface area (Å²) in [6, 6.07) is 6.21. The van der Waals surface area contributed by atoms with Crippen LogP contribution in [-0.4, -0.2) is 30.8 Å². The van der Waals surface area contributed by atoms with Crippen LogP contribution in [0.25, 0.3) is 0 Å². The van der Waals surface area contributed by atoms with Gasteiger partial charge < -0.3 is 5.32 Å². The van der Waals surface area contributed by atoms with Gasteiger partial charge in [0.15, 0.2) is 0 Å². The van der Waals surface area contributed by atoms with Crippen LogP contribution in [0.1, 0.15) is 21.7 Å². The lowest BCUT2D eigenvalue weighted by Crippen LogP contribution is -2.26. The largest absolute Gasteiger partial charge is 0.350 e. The number of nitrogens with one attached hydrogen (secondary N) is 1. The molecule has 116 valence electrons. The van der Waals surface area contributed by atoms with E-state index < -0.39 is 10.0 Å². The third kappa shape index (κ3) is 4.34. The second-order valence-electron chi connectivity index (χ2n) is 4.74. The summed E-state index contributed by atoms with van der Waals surface area (Å²) in [6.45, 7) is 2.20. The molecule has 0 saturated carbocycles. The number of aromatic nitrogens is 2. The third-order valence-electron chi connectivity index (χ3n) is 2.96. The Hall–Kier alpha value is -2.32. The maximum absolute atomic E-state index is 11.8. The molecule has 0 spiro atoms. The van der Waals surface area contributed by atoms with E-state index in [9.17, 15) is 13.2 Å². The van der Waals surface area contributed by atoms with Crippen LogP contribution in [0.5, 0.6) is 0 Å². The quantitative estimate of drug-likeness (QED) is 0.827. The molecule has 0 aliphatic heterocycles. The predicted octanol–water partition coefficient (Wildman–Crippen LogP) is 0.405. The van der Waals surface area contributed by atoms with E-state index in [0.29, 0.717) is 13.0 Å². The number of benzene rings is 1. The molecule has 0 saturated heterocycles. The molecule has 8 heteroatoms. The summed E-state index contributed by atoms with van der Waals surface area (Å²) >= 11 is 0. The van der Waals surface area contributed by atoms with Gasteiger partial charge in [0.05, 0.1) is 16.8 Å². The number of primary sulfonamides is 1. The minimum Gasteiger partial charge on any atom is -0.350 e. The SMILES string of the molecule is Cc1cnc(C(=O)NCCc2ccc(S(N)(=O)=O)cc2)cn1. The van der Waals surface area contributed by atoms with Gasteiger partial charge in [0.1, 0.15) is 5.69 Å². The number of rotatable bonds is 5. The number of sulfonamides is 1. The Balaban J connectivity index is 1.88. The molecular formula is C14H16N4O3S. The molecule has 1 aromatic heterocycles. The van der Waals surface area contributed by atoms with Gasteiger partial charge in [-0.2, -0.15) is 0 Å². The fourth-order valence-corrected chi connectivity index (χ4v) is 2.28. The normalized spacial score (nSPS) is 11.2. The molecule has 22 heavy (non-hydrogen) atoms. The van der Waals surface area contributed by atoms with Gasteiger partial charge in [-0.05, 0) is 31.0 Å². The van der Waals surface area contributed by atoms with Gasteiger partial charge in [-0.15, -0.1) is 0 Å². The minimum absolute atomic E-state index is 0.0650. The molecular weight excluding hydrogens is 304 g/mol. The van der Waals surface area contributed by atoms with Crippen molar-refractivity contribution in [3.8, 4) is 0 Å². The number of hydrogen-bond donors (Lipinski definition) is 2. The number of nitrogens with zero attached hydrogens (tertiary/aromatic N) is 2. The van der Waals surface area contributed by atoms with Gasteiger partial charge in [-0.3, -0.25) is 9.78 Å². The number of nitrogens with two attached hydrogens (primary N) is 1. The van der Waals surface area contributed by atoms with E-state index in [4.69, 9.17) is 5.14 Å². The molecule has 3 N–H and O–H groups in total. The van der Waals surface area contributed by atoms with E-state index in [2.05, 4.69) is 15.3 Å². The minimum atomic E-state index is -3.68. The van der Waals surface area contributed by atoms with Crippen molar-refractivity contribution in [3.63, 3.8) is 0 Å². The van der Waals surface area contributed by atoms with Crippen LogP contribution in [0.4, 0.5) is 0 Å². The van der Waals surface area contributed by atoms with Gasteiger partial charge in [0, 0.05) is 12.7 Å². The third-order valence-corrected chi connectivity index (χ3v) is 3.89. The lowest BCUT2D eigenvalue weighted by atomic mass is 10.1. The van der Waals surface area contributed by atoms with Crippen LogP contribution >= 0.6 is 0 Å². The smallest absolute Gasteiger partial charge is 0.271 e. The first-order chi connectivity index (χ1) is 10.4. The van der Waals surface area contributed by atoms with Crippen LogP contribution < -0.4 is 10.5 Å². The second kappa shape index (κ2) is 6.63. The average Bonchev–Trinajstić information content (AvgIpc) is 2.47. The first-order valence-electron chi connectivity index (χ1n) is 6.55. The molecule has 1 amide bonds. The molecule has 0 radical (unpaired) electrons. The molecule has 2 aromatic rings. The van der Waals surface area contributed by atoms with Crippen LogP contribution in [0.3, 0.4) is 0 Å². The number of amides is 1. The summed E-state index contributed by atoms with van der Waals surface area (Å²) in [5.74, 6) is -0.298. The van der Waals surface area contributed by atoms with Gasteiger partial charge in [0.25, 0.3) is 5.91 Å². The highest BCUT2D eigenvalue weighted by molar-refractivity contribution is 7.89. The maximum Gasteiger partial charge on any atom is 0.271 e. The Morgan fingerprint density at radius 3 is 2.41 bits per heavy atom. The zero-order valence-electron chi connectivity index (χ0n) is 12.0. The molecule has 0 atom stereocenters. The summed E-state index contributed by atoms with van der Waals surface area (Å²) in [5.41, 5.74) is 1.89. The van der Waals surface area contributed by atoms with E-state index in [-0.39, 0.29) is 16.5 Å². The molecule has 0 aliphatic carbocycles. The van der Waals surface area contributed by atoms with Crippen molar-refractivity contribution in [2.45, 2.75) is 18.2 Å². The molecule has 1 heterocycles. The van der Waals surface area contributed by atoms with Crippen molar-refractivity contribution in [2.24, 2.45) is 5.14 Å². The highest BCUT2D eigenvalue weighted by Crippen LogP contribution is 2.08. The number of hydrogen-bond acceptors (Lipinski definition) is 5. The fourth-order valence-electron chi connectivity index (χ4n) is 1.77. The van der Waals surface area contributed by atoms with E-state index in [1.54, 1.807) is 19.1 Å². The van der Waals surface area contributed by atoms with Crippen molar-refractivity contribution in [1.82, 2.24) is 15.3 Å². The lowest BCUT2D eigenvalue weighted by molar-refractivity contribution is 0.0948. The Labute approximate surface area is 128 Å². The molecule has 0 unspecified atom stereocenters. The summed E-state index contributed by atoms with van der Waals surface area (Å²) < 4.78 is 22.3. The maximum atomic E-state index is 11.8. The predicted molar refractivity (Wildman–Crippen MR) is 80.6 cm³/mol. The van der Waals surface area contributed by atoms with Gasteiger partial charge in [0.2, 0.25) is 10.0 Å². The number of carbonyl (C=O) groups excluding carboxylic acids is 1. The second-order valence-corrected chi connectivity index (χ2v) is 6.30. The summed E-state index contributed by atoms with van der Waals surface area (Å²) in [6.07, 6.45) is 3.52. The Morgan fingerprint density at radius 1 is 1.18 bits per heavy atom. The molecule has 0 aliphatic rings. The summed E-state index contributed by atoms with van der Waals surface area (Å²) in [4.78, 5) is 19.9. The van der Waals surface area contributed by atoms with E-state index >= 15 is 0 Å². The molecule has 1 aromatic carbocycles. The monoisotopic (exact) mass is 320 g/mol. The average molecular weight is 320 g/mol. The Bertz CT molecular complexity index is 756. The van der Waals surface area contributed by atoms with Gasteiger partial charge >= 0.3 is 0 Å². The standard InChI is InChI=1S/C14H16N4O3S/c1-10-8-18-13(9-17-10)14(19)16-7-6-11-2-4-12(5-3-11)22(15,20)21/h2-5,8-9H,6-7H2,1H3,(H,16,19)(H2,15,20,21). The van der Waals surface area contributed by atoms with Crippen molar-refractivity contribution < 1.29 is 13.2 Å². The highest BCUT2D eigenvalue weighted by Gasteiger charge is 2.08. The van der Waals surface area contributed by atoms with Crippen molar-refractivity contribution in [3.05, 3.63) is 53.6 Å². The first kappa shape index (κ1) is 16.1. The molecule has 0 bridgehead atoms. The van der Waals surface area contributed by atoms with Crippen LogP contribution in [0.2, 0.25) is 0 Å². The molecule has 2 rings (SSSR count). The topological polar surface area (TPSA) is 115 Å². The summed E-state index contributed by atoms with van der Waals surface area (Å²) in [7, 11) is -3.68. The fraction of sp³-hybridized carbons (Fsp3) is 0.214. The first-order valence-corrected chi connectivity index (χ1v) is 8.09. The van der Waals surface area contributed by atoms with Crippen molar-refractivity contribution in [2.75, 3.05) is 6.54 Å². The summed E-state index contributed by atoms with van der Waals surface area (Å²) in [5, 5.41) is 7.75. The van der Waals surface area contributed by atoms with Crippen LogP contribution in [0.15, 0.2) is 41.6 Å². The molecule has 7 nitrogen and oxygen atoms in total. The van der Waals surface area contributed by atoms with E-state index in [1.165, 1.54) is 24.5 Å². The van der Waals surface area contributed by atoms with Crippen LogP contribution in [-0.2, 0) is 16.4 Å². The van der Waals surface area contributed by atoms with E-state index in [1.807, 2.05) is 0 Å². The van der Waals surface area contributed by atoms with Gasteiger partial charge in [-0.1, -0.05) is 12.1 Å². The van der Waals surface area contributed by atoms with Crippen molar-refractivity contribution >= 4 is 15.9 Å². The molecule has 0 fully saturated rings. The van der Waals surface area contributed by atoms with E-state index in [0.717, 1.165) is 11.3 Å². The van der Waals surface area contributed by atoms with Crippen LogP contribution in [0, 0.1) is 6.92 Å². The highest BCUT2D eigenvalue weighted by atomic mass is 32.2. The Kier molecular flexibility index (Phi) is 4.84. The zero-order chi connectivity index (χ0) is 16.2. The van der Waals surface area contributed by atoms with Crippen molar-refractivity contribution in [1.29, 1.82) is 0 Å². The van der Waals surface area contributed by atoms with Gasteiger partial charge in [-0.25, -0.2) is 18.5 Å². The zero-order valence-corrected chi connectivity index (χ0v) is 12.8.